The second kappa shape index (κ2) is 6.14. The molecule has 0 bridgehead atoms. The summed E-state index contributed by atoms with van der Waals surface area (Å²) in [5.74, 6) is 4.79. The Morgan fingerprint density at radius 3 is 2.21 bits per heavy atom. The molecule has 0 spiro atoms. The number of esters is 1. The van der Waals surface area contributed by atoms with Gasteiger partial charge in [-0.25, -0.2) is 10.7 Å². The summed E-state index contributed by atoms with van der Waals surface area (Å²) in [5, 5.41) is 0. The molecule has 0 heterocycles. The van der Waals surface area contributed by atoms with Gasteiger partial charge in [-0.1, -0.05) is 30.3 Å². The van der Waals surface area contributed by atoms with Crippen LogP contribution in [0.1, 0.15) is 26.3 Å². The van der Waals surface area contributed by atoms with Crippen molar-refractivity contribution in [3.63, 3.8) is 0 Å². The summed E-state index contributed by atoms with van der Waals surface area (Å²) in [6.07, 6.45) is 0. The number of benzene rings is 1. The average molecular weight is 267 g/mol. The highest BCUT2D eigenvalue weighted by molar-refractivity contribution is 5.82. The largest absolute Gasteiger partial charge is 0.457 e. The van der Waals surface area contributed by atoms with Crippen LogP contribution in [-0.4, -0.2) is 25.3 Å². The predicted octanol–water partition coefficient (Wildman–Crippen LogP) is 1.76. The zero-order valence-corrected chi connectivity index (χ0v) is 11.8. The fourth-order valence-corrected chi connectivity index (χ4v) is 1.68. The number of carbonyl (C=O) groups is 1. The van der Waals surface area contributed by atoms with Crippen molar-refractivity contribution in [2.24, 2.45) is 5.90 Å². The van der Waals surface area contributed by atoms with Gasteiger partial charge in [0.1, 0.15) is 5.60 Å². The first-order valence-corrected chi connectivity index (χ1v) is 6.01. The van der Waals surface area contributed by atoms with Crippen LogP contribution in [0.3, 0.4) is 0 Å². The molecule has 0 aromatic heterocycles. The lowest BCUT2D eigenvalue weighted by atomic mass is 9.94. The standard InChI is InChI=1S/C14H21NO4/c1-13(2,3)18-12(16)14(19-15,10-17-4)11-8-6-5-7-9-11/h5-9H,10,15H2,1-4H3. The first kappa shape index (κ1) is 15.6. The molecule has 0 fully saturated rings. The Hall–Kier alpha value is -1.43. The molecule has 0 aliphatic rings. The van der Waals surface area contributed by atoms with E-state index in [0.717, 1.165) is 0 Å². The van der Waals surface area contributed by atoms with Crippen LogP contribution in [-0.2, 0) is 24.7 Å². The van der Waals surface area contributed by atoms with E-state index in [1.165, 1.54) is 7.11 Å². The van der Waals surface area contributed by atoms with Gasteiger partial charge in [-0.2, -0.15) is 0 Å². The monoisotopic (exact) mass is 267 g/mol. The van der Waals surface area contributed by atoms with Crippen molar-refractivity contribution < 1.29 is 19.1 Å². The highest BCUT2D eigenvalue weighted by Crippen LogP contribution is 2.28. The summed E-state index contributed by atoms with van der Waals surface area (Å²) in [6, 6.07) is 8.92. The third kappa shape index (κ3) is 3.76. The van der Waals surface area contributed by atoms with E-state index < -0.39 is 17.2 Å². The number of nitrogens with two attached hydrogens (primary N) is 1. The van der Waals surface area contributed by atoms with Crippen LogP contribution in [0.15, 0.2) is 30.3 Å². The second-order valence-corrected chi connectivity index (χ2v) is 5.25. The van der Waals surface area contributed by atoms with Gasteiger partial charge in [0, 0.05) is 7.11 Å². The van der Waals surface area contributed by atoms with Crippen molar-refractivity contribution in [2.45, 2.75) is 32.0 Å². The molecule has 0 amide bonds. The van der Waals surface area contributed by atoms with E-state index in [9.17, 15) is 4.79 Å². The molecule has 1 unspecified atom stereocenters. The minimum Gasteiger partial charge on any atom is -0.457 e. The van der Waals surface area contributed by atoms with Crippen molar-refractivity contribution in [1.82, 2.24) is 0 Å². The number of carbonyl (C=O) groups excluding carboxylic acids is 1. The number of hydrogen-bond donors (Lipinski definition) is 1. The topological polar surface area (TPSA) is 70.8 Å². The Morgan fingerprint density at radius 2 is 1.79 bits per heavy atom. The molecule has 19 heavy (non-hydrogen) atoms. The van der Waals surface area contributed by atoms with Gasteiger partial charge >= 0.3 is 5.97 Å². The normalized spacial score (nSPS) is 14.8. The third-order valence-corrected chi connectivity index (χ3v) is 2.52. The average Bonchev–Trinajstić information content (AvgIpc) is 2.35. The first-order chi connectivity index (χ1) is 8.85. The van der Waals surface area contributed by atoms with Crippen LogP contribution in [0.2, 0.25) is 0 Å². The lowest BCUT2D eigenvalue weighted by Crippen LogP contribution is -2.48. The molecule has 1 aromatic rings. The van der Waals surface area contributed by atoms with Crippen molar-refractivity contribution in [3.8, 4) is 0 Å². The molecule has 1 rings (SSSR count). The van der Waals surface area contributed by atoms with Gasteiger partial charge in [0.2, 0.25) is 5.60 Å². The van der Waals surface area contributed by atoms with E-state index in [1.54, 1.807) is 45.0 Å². The van der Waals surface area contributed by atoms with Crippen LogP contribution in [0.25, 0.3) is 0 Å². The summed E-state index contributed by atoms with van der Waals surface area (Å²) < 4.78 is 10.5. The summed E-state index contributed by atoms with van der Waals surface area (Å²) in [5.41, 5.74) is -1.50. The minimum absolute atomic E-state index is 0.0254. The molecule has 5 heteroatoms. The maximum absolute atomic E-state index is 12.4. The molecule has 0 aliphatic heterocycles. The number of methoxy groups -OCH3 is 1. The molecular weight excluding hydrogens is 246 g/mol. The zero-order valence-electron chi connectivity index (χ0n) is 11.8. The van der Waals surface area contributed by atoms with E-state index >= 15 is 0 Å². The second-order valence-electron chi connectivity index (χ2n) is 5.25. The molecule has 106 valence electrons. The van der Waals surface area contributed by atoms with Gasteiger partial charge in [0.15, 0.2) is 0 Å². The van der Waals surface area contributed by atoms with Crippen LogP contribution >= 0.6 is 0 Å². The highest BCUT2D eigenvalue weighted by Gasteiger charge is 2.45. The zero-order chi connectivity index (χ0) is 14.5. The Kier molecular flexibility index (Phi) is 5.05. The van der Waals surface area contributed by atoms with E-state index in [-0.39, 0.29) is 6.61 Å². The van der Waals surface area contributed by atoms with Crippen LogP contribution < -0.4 is 5.90 Å². The van der Waals surface area contributed by atoms with Crippen molar-refractivity contribution in [1.29, 1.82) is 0 Å². The summed E-state index contributed by atoms with van der Waals surface area (Å²) >= 11 is 0. The summed E-state index contributed by atoms with van der Waals surface area (Å²) in [7, 11) is 1.47. The number of ether oxygens (including phenoxy) is 2. The van der Waals surface area contributed by atoms with Crippen LogP contribution in [0.5, 0.6) is 0 Å². The van der Waals surface area contributed by atoms with Crippen LogP contribution in [0.4, 0.5) is 0 Å². The maximum atomic E-state index is 12.4. The molecular formula is C14H21NO4. The van der Waals surface area contributed by atoms with Gasteiger partial charge in [-0.3, -0.25) is 4.84 Å². The lowest BCUT2D eigenvalue weighted by molar-refractivity contribution is -0.194. The molecule has 0 aliphatic carbocycles. The van der Waals surface area contributed by atoms with Crippen LogP contribution in [0, 0.1) is 0 Å². The number of hydrogen-bond acceptors (Lipinski definition) is 5. The summed E-state index contributed by atoms with van der Waals surface area (Å²) in [6.45, 7) is 5.32. The van der Waals surface area contributed by atoms with Gasteiger partial charge in [0.25, 0.3) is 0 Å². The SMILES string of the molecule is COCC(ON)(C(=O)OC(C)(C)C)c1ccccc1. The third-order valence-electron chi connectivity index (χ3n) is 2.52. The van der Waals surface area contributed by atoms with Gasteiger partial charge < -0.3 is 9.47 Å². The Balaban J connectivity index is 3.16. The van der Waals surface area contributed by atoms with Crippen molar-refractivity contribution in [3.05, 3.63) is 35.9 Å². The molecule has 0 saturated carbocycles. The van der Waals surface area contributed by atoms with E-state index in [1.807, 2.05) is 6.07 Å². The minimum atomic E-state index is -1.46. The fraction of sp³-hybridized carbons (Fsp3) is 0.500. The van der Waals surface area contributed by atoms with Crippen molar-refractivity contribution >= 4 is 5.97 Å². The Morgan fingerprint density at radius 1 is 1.21 bits per heavy atom. The lowest BCUT2D eigenvalue weighted by Gasteiger charge is -2.32. The molecule has 0 radical (unpaired) electrons. The van der Waals surface area contributed by atoms with Gasteiger partial charge in [0.05, 0.1) is 6.61 Å². The molecule has 1 atom stereocenters. The molecule has 5 nitrogen and oxygen atoms in total. The molecule has 1 aromatic carbocycles. The van der Waals surface area contributed by atoms with Gasteiger partial charge in [-0.05, 0) is 26.3 Å². The van der Waals surface area contributed by atoms with Gasteiger partial charge in [-0.15, -0.1) is 0 Å². The van der Waals surface area contributed by atoms with E-state index in [0.29, 0.717) is 5.56 Å². The molecule has 2 N–H and O–H groups in total. The fourth-order valence-electron chi connectivity index (χ4n) is 1.68. The van der Waals surface area contributed by atoms with Crippen molar-refractivity contribution in [2.75, 3.05) is 13.7 Å². The highest BCUT2D eigenvalue weighted by atomic mass is 16.7. The quantitative estimate of drug-likeness (QED) is 0.650. The predicted molar refractivity (Wildman–Crippen MR) is 71.1 cm³/mol. The van der Waals surface area contributed by atoms with E-state index in [4.69, 9.17) is 20.2 Å². The molecule has 0 saturated heterocycles. The Labute approximate surface area is 113 Å². The maximum Gasteiger partial charge on any atom is 0.348 e. The first-order valence-electron chi connectivity index (χ1n) is 6.01. The number of rotatable bonds is 5. The Bertz CT molecular complexity index is 413. The van der Waals surface area contributed by atoms with E-state index in [2.05, 4.69) is 0 Å². The summed E-state index contributed by atoms with van der Waals surface area (Å²) in [4.78, 5) is 17.4. The smallest absolute Gasteiger partial charge is 0.348 e.